The Balaban J connectivity index is 2.04. The lowest BCUT2D eigenvalue weighted by atomic mass is 10.2. The van der Waals surface area contributed by atoms with Crippen LogP contribution in [0.5, 0.6) is 5.75 Å². The summed E-state index contributed by atoms with van der Waals surface area (Å²) >= 11 is 0. The number of ether oxygens (including phenoxy) is 1. The van der Waals surface area contributed by atoms with Crippen LogP contribution in [0.25, 0.3) is 0 Å². The number of nitrogens with zero attached hydrogens (tertiary/aromatic N) is 2. The van der Waals surface area contributed by atoms with E-state index in [0.717, 1.165) is 17.1 Å². The normalized spacial score (nSPS) is 9.94. The van der Waals surface area contributed by atoms with Gasteiger partial charge in [0.15, 0.2) is 0 Å². The fourth-order valence-electron chi connectivity index (χ4n) is 1.44. The van der Waals surface area contributed by atoms with Crippen LogP contribution in [-0.4, -0.2) is 17.3 Å². The number of aromatic nitrogens is 2. The monoisotopic (exact) mass is 230 g/mol. The summed E-state index contributed by atoms with van der Waals surface area (Å²) in [5.74, 6) is 0.743. The molecule has 0 aliphatic carbocycles. The van der Waals surface area contributed by atoms with Gasteiger partial charge in [0.25, 0.3) is 0 Å². The van der Waals surface area contributed by atoms with Crippen LogP contribution >= 0.6 is 0 Å². The lowest BCUT2D eigenvalue weighted by Crippen LogP contribution is -2.04. The van der Waals surface area contributed by atoms with E-state index in [4.69, 9.17) is 10.5 Å². The number of methoxy groups -OCH3 is 1. The largest absolute Gasteiger partial charge is 0.497 e. The van der Waals surface area contributed by atoms with E-state index in [1.165, 1.54) is 0 Å². The van der Waals surface area contributed by atoms with Crippen LogP contribution in [0, 0.1) is 0 Å². The van der Waals surface area contributed by atoms with E-state index < -0.39 is 0 Å². The van der Waals surface area contributed by atoms with E-state index in [1.54, 1.807) is 19.4 Å². The minimum atomic E-state index is 0.588. The van der Waals surface area contributed by atoms with Crippen LogP contribution in [0.1, 0.15) is 5.69 Å². The number of nitrogen functional groups attached to an aromatic ring is 1. The Kier molecular flexibility index (Phi) is 3.40. The predicted octanol–water partition coefficient (Wildman–Crippen LogP) is 1.68. The Labute approximate surface area is 99.6 Å². The zero-order valence-corrected chi connectivity index (χ0v) is 9.55. The van der Waals surface area contributed by atoms with Gasteiger partial charge < -0.3 is 15.8 Å². The highest BCUT2D eigenvalue weighted by atomic mass is 16.5. The molecule has 1 aromatic carbocycles. The summed E-state index contributed by atoms with van der Waals surface area (Å²) in [7, 11) is 1.61. The summed E-state index contributed by atoms with van der Waals surface area (Å²) in [6.45, 7) is 0.588. The summed E-state index contributed by atoms with van der Waals surface area (Å²) in [6.07, 6.45) is 1.64. The van der Waals surface area contributed by atoms with Crippen molar-refractivity contribution in [2.45, 2.75) is 6.54 Å². The van der Waals surface area contributed by atoms with Crippen molar-refractivity contribution in [1.29, 1.82) is 0 Å². The van der Waals surface area contributed by atoms with Crippen molar-refractivity contribution in [2.75, 3.05) is 18.2 Å². The minimum Gasteiger partial charge on any atom is -0.497 e. The molecule has 0 spiro atoms. The fourth-order valence-corrected chi connectivity index (χ4v) is 1.44. The van der Waals surface area contributed by atoms with E-state index in [9.17, 15) is 0 Å². The maximum atomic E-state index is 5.88. The molecule has 2 aromatic rings. The zero-order chi connectivity index (χ0) is 12.1. The molecule has 5 nitrogen and oxygen atoms in total. The van der Waals surface area contributed by atoms with Crippen molar-refractivity contribution in [3.63, 3.8) is 0 Å². The Morgan fingerprint density at radius 2 is 2.24 bits per heavy atom. The number of hydrogen-bond donors (Lipinski definition) is 2. The van der Waals surface area contributed by atoms with Crippen LogP contribution in [0.4, 0.5) is 11.4 Å². The van der Waals surface area contributed by atoms with Gasteiger partial charge >= 0.3 is 0 Å². The zero-order valence-electron chi connectivity index (χ0n) is 9.55. The maximum Gasteiger partial charge on any atom is 0.121 e. The maximum absolute atomic E-state index is 5.88. The molecule has 0 bridgehead atoms. The molecule has 1 aromatic heterocycles. The van der Waals surface area contributed by atoms with Gasteiger partial charge in [-0.15, -0.1) is 0 Å². The molecule has 5 heteroatoms. The summed E-state index contributed by atoms with van der Waals surface area (Å²) in [5.41, 5.74) is 8.25. The van der Waals surface area contributed by atoms with Gasteiger partial charge in [-0.3, -0.25) is 0 Å². The number of benzene rings is 1. The van der Waals surface area contributed by atoms with Crippen molar-refractivity contribution in [3.05, 3.63) is 42.2 Å². The molecule has 88 valence electrons. The lowest BCUT2D eigenvalue weighted by molar-refractivity contribution is 0.415. The molecule has 0 saturated carbocycles. The first-order chi connectivity index (χ1) is 8.29. The van der Waals surface area contributed by atoms with E-state index in [-0.39, 0.29) is 0 Å². The third kappa shape index (κ3) is 2.84. The summed E-state index contributed by atoms with van der Waals surface area (Å²) in [4.78, 5) is 0. The molecule has 0 saturated heterocycles. The Bertz CT molecular complexity index is 487. The standard InChI is InChI=1S/C12H14N4O/c1-17-10-4-5-12(11(13)7-10)14-8-9-3-2-6-15-16-9/h2-7,14H,8,13H2,1H3. The molecule has 0 atom stereocenters. The van der Waals surface area contributed by atoms with Crippen molar-refractivity contribution in [2.24, 2.45) is 0 Å². The van der Waals surface area contributed by atoms with Crippen LogP contribution in [0.2, 0.25) is 0 Å². The summed E-state index contributed by atoms with van der Waals surface area (Å²) in [5, 5.41) is 11.0. The fraction of sp³-hybridized carbons (Fsp3) is 0.167. The first kappa shape index (κ1) is 11.2. The second kappa shape index (κ2) is 5.16. The van der Waals surface area contributed by atoms with E-state index in [2.05, 4.69) is 15.5 Å². The van der Waals surface area contributed by atoms with Gasteiger partial charge in [-0.1, -0.05) is 0 Å². The number of rotatable bonds is 4. The molecular weight excluding hydrogens is 216 g/mol. The number of hydrogen-bond acceptors (Lipinski definition) is 5. The van der Waals surface area contributed by atoms with Crippen LogP contribution < -0.4 is 15.8 Å². The molecule has 0 aliphatic rings. The van der Waals surface area contributed by atoms with Gasteiger partial charge in [-0.05, 0) is 24.3 Å². The molecule has 2 rings (SSSR count). The Morgan fingerprint density at radius 3 is 2.88 bits per heavy atom. The molecule has 17 heavy (non-hydrogen) atoms. The van der Waals surface area contributed by atoms with Crippen LogP contribution in [-0.2, 0) is 6.54 Å². The molecule has 0 radical (unpaired) electrons. The van der Waals surface area contributed by atoms with Gasteiger partial charge in [0.1, 0.15) is 5.75 Å². The first-order valence-corrected chi connectivity index (χ1v) is 5.23. The molecule has 0 unspecified atom stereocenters. The first-order valence-electron chi connectivity index (χ1n) is 5.23. The second-order valence-electron chi connectivity index (χ2n) is 3.52. The third-order valence-corrected chi connectivity index (χ3v) is 2.35. The molecule has 0 aliphatic heterocycles. The highest BCUT2D eigenvalue weighted by molar-refractivity contribution is 5.68. The lowest BCUT2D eigenvalue weighted by Gasteiger charge is -2.09. The van der Waals surface area contributed by atoms with E-state index >= 15 is 0 Å². The third-order valence-electron chi connectivity index (χ3n) is 2.35. The quantitative estimate of drug-likeness (QED) is 0.782. The van der Waals surface area contributed by atoms with Crippen molar-refractivity contribution >= 4 is 11.4 Å². The molecule has 0 amide bonds. The second-order valence-corrected chi connectivity index (χ2v) is 3.52. The molecular formula is C12H14N4O. The number of nitrogens with one attached hydrogen (secondary N) is 1. The van der Waals surface area contributed by atoms with Gasteiger partial charge in [0.2, 0.25) is 0 Å². The SMILES string of the molecule is COc1ccc(NCc2cccnn2)c(N)c1. The topological polar surface area (TPSA) is 73.1 Å². The van der Waals surface area contributed by atoms with Gasteiger partial charge in [-0.2, -0.15) is 10.2 Å². The average Bonchev–Trinajstić information content (AvgIpc) is 2.38. The molecule has 3 N–H and O–H groups in total. The summed E-state index contributed by atoms with van der Waals surface area (Å²) in [6, 6.07) is 9.26. The van der Waals surface area contributed by atoms with E-state index in [0.29, 0.717) is 12.2 Å². The molecule has 1 heterocycles. The number of anilines is 2. The van der Waals surface area contributed by atoms with Crippen LogP contribution in [0.3, 0.4) is 0 Å². The summed E-state index contributed by atoms with van der Waals surface area (Å²) < 4.78 is 5.08. The average molecular weight is 230 g/mol. The van der Waals surface area contributed by atoms with Gasteiger partial charge in [-0.25, -0.2) is 0 Å². The van der Waals surface area contributed by atoms with Crippen molar-refractivity contribution in [1.82, 2.24) is 10.2 Å². The van der Waals surface area contributed by atoms with Gasteiger partial charge in [0.05, 0.1) is 30.7 Å². The van der Waals surface area contributed by atoms with E-state index in [1.807, 2.05) is 24.3 Å². The van der Waals surface area contributed by atoms with Crippen molar-refractivity contribution in [3.8, 4) is 5.75 Å². The number of nitrogens with two attached hydrogens (primary N) is 1. The van der Waals surface area contributed by atoms with Crippen LogP contribution in [0.15, 0.2) is 36.5 Å². The molecule has 0 fully saturated rings. The van der Waals surface area contributed by atoms with Gasteiger partial charge in [0, 0.05) is 12.3 Å². The van der Waals surface area contributed by atoms with Crippen molar-refractivity contribution < 1.29 is 4.74 Å². The predicted molar refractivity (Wildman–Crippen MR) is 66.8 cm³/mol. The Hall–Kier alpha value is -2.30. The smallest absolute Gasteiger partial charge is 0.121 e. The highest BCUT2D eigenvalue weighted by Crippen LogP contribution is 2.24. The highest BCUT2D eigenvalue weighted by Gasteiger charge is 2.01. The Morgan fingerprint density at radius 1 is 1.35 bits per heavy atom. The minimum absolute atomic E-state index is 0.588.